The maximum absolute atomic E-state index is 12.5. The number of aryl methyl sites for hydroxylation is 2. The van der Waals surface area contributed by atoms with Crippen LogP contribution in [-0.2, 0) is 6.54 Å². The van der Waals surface area contributed by atoms with E-state index in [0.717, 1.165) is 22.6 Å². The van der Waals surface area contributed by atoms with Crippen molar-refractivity contribution in [3.8, 4) is 0 Å². The standard InChI is InChI=1S/C20H21N3OS/c1-14-11-15(2)23(22-14)13-16-5-4-6-17(12-16)20(24)21-18-7-9-19(25-3)10-8-18/h4-12H,13H2,1-3H3,(H,21,24). The zero-order chi connectivity index (χ0) is 17.8. The van der Waals surface area contributed by atoms with Gasteiger partial charge < -0.3 is 5.32 Å². The van der Waals surface area contributed by atoms with E-state index in [2.05, 4.69) is 16.5 Å². The van der Waals surface area contributed by atoms with Gasteiger partial charge in [0, 0.05) is 21.8 Å². The number of nitrogens with one attached hydrogen (secondary N) is 1. The molecule has 5 heteroatoms. The number of anilines is 1. The fraction of sp³-hybridized carbons (Fsp3) is 0.200. The van der Waals surface area contributed by atoms with Crippen LogP contribution >= 0.6 is 11.8 Å². The molecule has 25 heavy (non-hydrogen) atoms. The van der Waals surface area contributed by atoms with Crippen LogP contribution in [0.1, 0.15) is 27.3 Å². The molecule has 0 fully saturated rings. The Labute approximate surface area is 152 Å². The van der Waals surface area contributed by atoms with Gasteiger partial charge in [-0.3, -0.25) is 9.48 Å². The highest BCUT2D eigenvalue weighted by atomic mass is 32.2. The Balaban J connectivity index is 1.73. The lowest BCUT2D eigenvalue weighted by molar-refractivity contribution is 0.102. The van der Waals surface area contributed by atoms with Crippen LogP contribution in [-0.4, -0.2) is 21.9 Å². The molecule has 4 nitrogen and oxygen atoms in total. The molecule has 1 N–H and O–H groups in total. The molecule has 3 rings (SSSR count). The minimum absolute atomic E-state index is 0.105. The molecule has 0 atom stereocenters. The van der Waals surface area contributed by atoms with Crippen molar-refractivity contribution in [2.24, 2.45) is 0 Å². The van der Waals surface area contributed by atoms with Gasteiger partial charge in [0.15, 0.2) is 0 Å². The fourth-order valence-electron chi connectivity index (χ4n) is 2.70. The van der Waals surface area contributed by atoms with Crippen LogP contribution in [0.3, 0.4) is 0 Å². The first-order chi connectivity index (χ1) is 12.0. The van der Waals surface area contributed by atoms with E-state index in [1.54, 1.807) is 11.8 Å². The summed E-state index contributed by atoms with van der Waals surface area (Å²) in [6.07, 6.45) is 2.03. The molecule has 0 bridgehead atoms. The summed E-state index contributed by atoms with van der Waals surface area (Å²) in [7, 11) is 0. The molecule has 0 aliphatic heterocycles. The van der Waals surface area contributed by atoms with Gasteiger partial charge in [0.25, 0.3) is 5.91 Å². The molecule has 0 radical (unpaired) electrons. The summed E-state index contributed by atoms with van der Waals surface area (Å²) in [5.41, 5.74) is 4.61. The van der Waals surface area contributed by atoms with E-state index in [4.69, 9.17) is 0 Å². The second-order valence-electron chi connectivity index (χ2n) is 5.97. The molecule has 0 unspecified atom stereocenters. The number of hydrogen-bond donors (Lipinski definition) is 1. The maximum atomic E-state index is 12.5. The van der Waals surface area contributed by atoms with Gasteiger partial charge in [-0.1, -0.05) is 12.1 Å². The van der Waals surface area contributed by atoms with Crippen molar-refractivity contribution in [2.45, 2.75) is 25.3 Å². The van der Waals surface area contributed by atoms with Crippen LogP contribution in [0.4, 0.5) is 5.69 Å². The minimum atomic E-state index is -0.105. The van der Waals surface area contributed by atoms with Crippen molar-refractivity contribution in [3.63, 3.8) is 0 Å². The van der Waals surface area contributed by atoms with Crippen molar-refractivity contribution in [1.29, 1.82) is 0 Å². The Morgan fingerprint density at radius 1 is 1.12 bits per heavy atom. The van der Waals surface area contributed by atoms with Crippen LogP contribution in [0.5, 0.6) is 0 Å². The molecule has 0 aliphatic rings. The first-order valence-electron chi connectivity index (χ1n) is 8.10. The number of amides is 1. The Bertz CT molecular complexity index is 884. The first-order valence-corrected chi connectivity index (χ1v) is 9.33. The number of nitrogens with zero attached hydrogens (tertiary/aromatic N) is 2. The number of carbonyl (C=O) groups excluding carboxylic acids is 1. The van der Waals surface area contributed by atoms with E-state index in [0.29, 0.717) is 12.1 Å². The van der Waals surface area contributed by atoms with Crippen LogP contribution < -0.4 is 5.32 Å². The summed E-state index contributed by atoms with van der Waals surface area (Å²) in [6, 6.07) is 17.6. The lowest BCUT2D eigenvalue weighted by Gasteiger charge is -2.09. The van der Waals surface area contributed by atoms with Crippen molar-refractivity contribution in [2.75, 3.05) is 11.6 Å². The van der Waals surface area contributed by atoms with Crippen molar-refractivity contribution in [3.05, 3.63) is 77.1 Å². The number of carbonyl (C=O) groups is 1. The second-order valence-corrected chi connectivity index (χ2v) is 6.85. The molecular weight excluding hydrogens is 330 g/mol. The molecule has 1 aromatic heterocycles. The lowest BCUT2D eigenvalue weighted by atomic mass is 10.1. The van der Waals surface area contributed by atoms with E-state index >= 15 is 0 Å². The highest BCUT2D eigenvalue weighted by Crippen LogP contribution is 2.18. The summed E-state index contributed by atoms with van der Waals surface area (Å²) in [4.78, 5) is 13.7. The zero-order valence-electron chi connectivity index (χ0n) is 14.6. The molecule has 0 spiro atoms. The van der Waals surface area contributed by atoms with Gasteiger partial charge in [-0.05, 0) is 68.1 Å². The smallest absolute Gasteiger partial charge is 0.255 e. The quantitative estimate of drug-likeness (QED) is 0.687. The SMILES string of the molecule is CSc1ccc(NC(=O)c2cccc(Cn3nc(C)cc3C)c2)cc1. The zero-order valence-corrected chi connectivity index (χ0v) is 15.4. The average Bonchev–Trinajstić information content (AvgIpc) is 2.93. The third kappa shape index (κ3) is 4.31. The number of hydrogen-bond acceptors (Lipinski definition) is 3. The van der Waals surface area contributed by atoms with E-state index in [1.807, 2.05) is 73.3 Å². The van der Waals surface area contributed by atoms with Gasteiger partial charge in [-0.25, -0.2) is 0 Å². The number of thioether (sulfide) groups is 1. The number of rotatable bonds is 5. The highest BCUT2D eigenvalue weighted by Gasteiger charge is 2.08. The third-order valence-electron chi connectivity index (χ3n) is 3.97. The van der Waals surface area contributed by atoms with Crippen molar-refractivity contribution in [1.82, 2.24) is 9.78 Å². The topological polar surface area (TPSA) is 46.9 Å². The van der Waals surface area contributed by atoms with Crippen LogP contribution in [0, 0.1) is 13.8 Å². The van der Waals surface area contributed by atoms with E-state index in [-0.39, 0.29) is 5.91 Å². The second kappa shape index (κ2) is 7.57. The summed E-state index contributed by atoms with van der Waals surface area (Å²) in [6.45, 7) is 4.67. The third-order valence-corrected chi connectivity index (χ3v) is 4.72. The Morgan fingerprint density at radius 2 is 1.88 bits per heavy atom. The Morgan fingerprint density at radius 3 is 2.52 bits per heavy atom. The molecule has 1 heterocycles. The molecule has 1 amide bonds. The first kappa shape index (κ1) is 17.3. The molecule has 0 saturated heterocycles. The van der Waals surface area contributed by atoms with E-state index in [9.17, 15) is 4.79 Å². The normalized spacial score (nSPS) is 10.7. The molecular formula is C20H21N3OS. The monoisotopic (exact) mass is 351 g/mol. The summed E-state index contributed by atoms with van der Waals surface area (Å²) >= 11 is 1.68. The number of benzene rings is 2. The van der Waals surface area contributed by atoms with Gasteiger partial charge in [-0.15, -0.1) is 11.8 Å². The highest BCUT2D eigenvalue weighted by molar-refractivity contribution is 7.98. The Hall–Kier alpha value is -2.53. The maximum Gasteiger partial charge on any atom is 0.255 e. The molecule has 2 aromatic carbocycles. The van der Waals surface area contributed by atoms with E-state index < -0.39 is 0 Å². The van der Waals surface area contributed by atoms with Crippen LogP contribution in [0.25, 0.3) is 0 Å². The molecule has 3 aromatic rings. The van der Waals surface area contributed by atoms with Crippen LogP contribution in [0.2, 0.25) is 0 Å². The Kier molecular flexibility index (Phi) is 5.24. The van der Waals surface area contributed by atoms with Gasteiger partial charge in [-0.2, -0.15) is 5.10 Å². The summed E-state index contributed by atoms with van der Waals surface area (Å²) in [5, 5.41) is 7.42. The van der Waals surface area contributed by atoms with Crippen molar-refractivity contribution < 1.29 is 4.79 Å². The van der Waals surface area contributed by atoms with Gasteiger partial charge in [0.2, 0.25) is 0 Å². The minimum Gasteiger partial charge on any atom is -0.322 e. The van der Waals surface area contributed by atoms with Gasteiger partial charge in [0.1, 0.15) is 0 Å². The van der Waals surface area contributed by atoms with Gasteiger partial charge in [0.05, 0.1) is 12.2 Å². The largest absolute Gasteiger partial charge is 0.322 e. The predicted molar refractivity (Wildman–Crippen MR) is 103 cm³/mol. The van der Waals surface area contributed by atoms with Gasteiger partial charge >= 0.3 is 0 Å². The molecule has 128 valence electrons. The van der Waals surface area contributed by atoms with Crippen LogP contribution in [0.15, 0.2) is 59.5 Å². The average molecular weight is 351 g/mol. The predicted octanol–water partition coefficient (Wildman–Crippen LogP) is 4.52. The van der Waals surface area contributed by atoms with E-state index in [1.165, 1.54) is 4.90 Å². The molecule has 0 aliphatic carbocycles. The van der Waals surface area contributed by atoms with Crippen molar-refractivity contribution >= 4 is 23.4 Å². The summed E-state index contributed by atoms with van der Waals surface area (Å²) in [5.74, 6) is -0.105. The number of aromatic nitrogens is 2. The fourth-order valence-corrected chi connectivity index (χ4v) is 3.10. The summed E-state index contributed by atoms with van der Waals surface area (Å²) < 4.78 is 1.95. The lowest BCUT2D eigenvalue weighted by Crippen LogP contribution is -2.12. The molecule has 0 saturated carbocycles.